The number of aromatic nitrogens is 2. The topological polar surface area (TPSA) is 64.3 Å². The molecule has 1 aliphatic heterocycles. The Balaban J connectivity index is 2.16. The molecule has 17 heavy (non-hydrogen) atoms. The van der Waals surface area contributed by atoms with Gasteiger partial charge in [0.05, 0.1) is 6.10 Å². The summed E-state index contributed by atoms with van der Waals surface area (Å²) in [4.78, 5) is 11.0. The maximum absolute atomic E-state index is 5.56. The van der Waals surface area contributed by atoms with Gasteiger partial charge in [0.2, 0.25) is 5.95 Å². The van der Waals surface area contributed by atoms with Gasteiger partial charge in [-0.1, -0.05) is 12.2 Å². The minimum atomic E-state index is 0.251. The SMILES string of the molecule is COC1CCCN(c2nccc(C(N)=S)n2)C1. The fourth-order valence-corrected chi connectivity index (χ4v) is 2.06. The first-order valence-corrected chi connectivity index (χ1v) is 6.02. The average molecular weight is 252 g/mol. The molecule has 1 atom stereocenters. The molecule has 2 rings (SSSR count). The number of methoxy groups -OCH3 is 1. The number of hydrogen-bond acceptors (Lipinski definition) is 5. The van der Waals surface area contributed by atoms with Crippen LogP contribution in [-0.2, 0) is 4.74 Å². The molecule has 1 unspecified atom stereocenters. The van der Waals surface area contributed by atoms with Gasteiger partial charge in [-0.2, -0.15) is 0 Å². The van der Waals surface area contributed by atoms with Crippen LogP contribution in [0.3, 0.4) is 0 Å². The van der Waals surface area contributed by atoms with Gasteiger partial charge in [0, 0.05) is 26.4 Å². The van der Waals surface area contributed by atoms with Crippen LogP contribution in [0, 0.1) is 0 Å². The van der Waals surface area contributed by atoms with Gasteiger partial charge in [-0.05, 0) is 18.9 Å². The molecule has 1 saturated heterocycles. The number of ether oxygens (including phenoxy) is 1. The van der Waals surface area contributed by atoms with Crippen molar-refractivity contribution in [1.29, 1.82) is 0 Å². The molecule has 0 radical (unpaired) electrons. The van der Waals surface area contributed by atoms with E-state index in [1.807, 2.05) is 0 Å². The van der Waals surface area contributed by atoms with Crippen molar-refractivity contribution in [2.24, 2.45) is 5.73 Å². The first-order valence-electron chi connectivity index (χ1n) is 5.61. The molecule has 1 aromatic heterocycles. The van der Waals surface area contributed by atoms with Gasteiger partial charge >= 0.3 is 0 Å². The number of piperidine rings is 1. The summed E-state index contributed by atoms with van der Waals surface area (Å²) < 4.78 is 5.37. The Morgan fingerprint density at radius 1 is 1.65 bits per heavy atom. The standard InChI is InChI=1S/C11H16N4OS/c1-16-8-3-2-6-15(7-8)11-13-5-4-9(14-11)10(12)17/h4-5,8H,2-3,6-7H2,1H3,(H2,12,17). The molecular formula is C11H16N4OS. The molecular weight excluding hydrogens is 236 g/mol. The molecule has 6 heteroatoms. The highest BCUT2D eigenvalue weighted by molar-refractivity contribution is 7.80. The van der Waals surface area contributed by atoms with Crippen molar-refractivity contribution in [3.05, 3.63) is 18.0 Å². The van der Waals surface area contributed by atoms with E-state index in [1.165, 1.54) is 0 Å². The molecule has 92 valence electrons. The van der Waals surface area contributed by atoms with Gasteiger partial charge in [0.25, 0.3) is 0 Å². The van der Waals surface area contributed by atoms with Crippen LogP contribution < -0.4 is 10.6 Å². The zero-order chi connectivity index (χ0) is 12.3. The van der Waals surface area contributed by atoms with Crippen molar-refractivity contribution in [3.8, 4) is 0 Å². The lowest BCUT2D eigenvalue weighted by molar-refractivity contribution is 0.0889. The monoisotopic (exact) mass is 252 g/mol. The maximum Gasteiger partial charge on any atom is 0.226 e. The fourth-order valence-electron chi connectivity index (χ4n) is 1.95. The first kappa shape index (κ1) is 12.2. The second-order valence-electron chi connectivity index (χ2n) is 4.05. The van der Waals surface area contributed by atoms with E-state index in [9.17, 15) is 0 Å². The summed E-state index contributed by atoms with van der Waals surface area (Å²) in [6, 6.07) is 1.73. The summed E-state index contributed by atoms with van der Waals surface area (Å²) in [5, 5.41) is 0. The summed E-state index contributed by atoms with van der Waals surface area (Å²) in [6.07, 6.45) is 4.11. The molecule has 0 amide bonds. The number of anilines is 1. The highest BCUT2D eigenvalue weighted by atomic mass is 32.1. The Morgan fingerprint density at radius 2 is 2.47 bits per heavy atom. The number of hydrogen-bond donors (Lipinski definition) is 1. The normalized spacial score (nSPS) is 20.3. The minimum Gasteiger partial charge on any atom is -0.388 e. The third-order valence-corrected chi connectivity index (χ3v) is 3.10. The van der Waals surface area contributed by atoms with Crippen LogP contribution >= 0.6 is 12.2 Å². The van der Waals surface area contributed by atoms with Crippen LogP contribution in [0.4, 0.5) is 5.95 Å². The molecule has 1 fully saturated rings. The van der Waals surface area contributed by atoms with E-state index in [1.54, 1.807) is 19.4 Å². The Labute approximate surface area is 106 Å². The van der Waals surface area contributed by atoms with Gasteiger partial charge in [-0.3, -0.25) is 0 Å². The number of thiocarbonyl (C=S) groups is 1. The summed E-state index contributed by atoms with van der Waals surface area (Å²) >= 11 is 4.91. The summed E-state index contributed by atoms with van der Waals surface area (Å²) in [6.45, 7) is 1.76. The van der Waals surface area contributed by atoms with Crippen LogP contribution in [-0.4, -0.2) is 41.3 Å². The van der Waals surface area contributed by atoms with E-state index in [0.29, 0.717) is 16.6 Å². The van der Waals surface area contributed by atoms with E-state index in [4.69, 9.17) is 22.7 Å². The Morgan fingerprint density at radius 3 is 3.18 bits per heavy atom. The highest BCUT2D eigenvalue weighted by Gasteiger charge is 2.21. The predicted octanol–water partition coefficient (Wildman–Crippen LogP) is 0.726. The number of nitrogens with zero attached hydrogens (tertiary/aromatic N) is 3. The van der Waals surface area contributed by atoms with E-state index in [0.717, 1.165) is 25.9 Å². The molecule has 2 N–H and O–H groups in total. The van der Waals surface area contributed by atoms with Crippen molar-refractivity contribution >= 4 is 23.2 Å². The van der Waals surface area contributed by atoms with Crippen molar-refractivity contribution in [1.82, 2.24) is 9.97 Å². The minimum absolute atomic E-state index is 0.251. The van der Waals surface area contributed by atoms with Crippen LogP contribution in [0.2, 0.25) is 0 Å². The quantitative estimate of drug-likeness (QED) is 0.800. The largest absolute Gasteiger partial charge is 0.388 e. The van der Waals surface area contributed by atoms with E-state index in [-0.39, 0.29) is 6.10 Å². The number of rotatable bonds is 3. The second kappa shape index (κ2) is 5.37. The van der Waals surface area contributed by atoms with Crippen LogP contribution in [0.25, 0.3) is 0 Å². The van der Waals surface area contributed by atoms with Crippen LogP contribution in [0.1, 0.15) is 18.5 Å². The zero-order valence-corrected chi connectivity index (χ0v) is 10.6. The van der Waals surface area contributed by atoms with Crippen LogP contribution in [0.15, 0.2) is 12.3 Å². The zero-order valence-electron chi connectivity index (χ0n) is 9.80. The van der Waals surface area contributed by atoms with Crippen molar-refractivity contribution < 1.29 is 4.74 Å². The van der Waals surface area contributed by atoms with Crippen molar-refractivity contribution in [3.63, 3.8) is 0 Å². The van der Waals surface area contributed by atoms with E-state index < -0.39 is 0 Å². The van der Waals surface area contributed by atoms with Crippen molar-refractivity contribution in [2.75, 3.05) is 25.1 Å². The van der Waals surface area contributed by atoms with Gasteiger partial charge in [-0.25, -0.2) is 9.97 Å². The summed E-state index contributed by atoms with van der Waals surface area (Å²) in [5.41, 5.74) is 6.18. The lowest BCUT2D eigenvalue weighted by Crippen LogP contribution is -2.40. The maximum atomic E-state index is 5.56. The van der Waals surface area contributed by atoms with Gasteiger partial charge in [0.15, 0.2) is 0 Å². The summed E-state index contributed by atoms with van der Waals surface area (Å²) in [7, 11) is 1.74. The fraction of sp³-hybridized carbons (Fsp3) is 0.545. The molecule has 0 aromatic carbocycles. The van der Waals surface area contributed by atoms with E-state index >= 15 is 0 Å². The third kappa shape index (κ3) is 2.89. The molecule has 0 saturated carbocycles. The predicted molar refractivity (Wildman–Crippen MR) is 70.2 cm³/mol. The van der Waals surface area contributed by atoms with Gasteiger partial charge in [0.1, 0.15) is 10.7 Å². The van der Waals surface area contributed by atoms with Crippen molar-refractivity contribution in [2.45, 2.75) is 18.9 Å². The van der Waals surface area contributed by atoms with E-state index in [2.05, 4.69) is 14.9 Å². The van der Waals surface area contributed by atoms with Crippen LogP contribution in [0.5, 0.6) is 0 Å². The smallest absolute Gasteiger partial charge is 0.226 e. The van der Waals surface area contributed by atoms with Gasteiger partial charge in [-0.15, -0.1) is 0 Å². The lowest BCUT2D eigenvalue weighted by Gasteiger charge is -2.31. The molecule has 0 aliphatic carbocycles. The Bertz CT molecular complexity index is 412. The molecule has 1 aromatic rings. The molecule has 5 nitrogen and oxygen atoms in total. The lowest BCUT2D eigenvalue weighted by atomic mass is 10.1. The second-order valence-corrected chi connectivity index (χ2v) is 4.49. The van der Waals surface area contributed by atoms with Gasteiger partial charge < -0.3 is 15.4 Å². The molecule has 2 heterocycles. The number of nitrogens with two attached hydrogens (primary N) is 1. The average Bonchev–Trinajstić information content (AvgIpc) is 2.39. The molecule has 1 aliphatic rings. The Kier molecular flexibility index (Phi) is 3.86. The third-order valence-electron chi connectivity index (χ3n) is 2.89. The Hall–Kier alpha value is -1.27. The molecule has 0 spiro atoms. The molecule has 0 bridgehead atoms. The highest BCUT2D eigenvalue weighted by Crippen LogP contribution is 2.17. The summed E-state index contributed by atoms with van der Waals surface area (Å²) in [5.74, 6) is 0.678. The first-order chi connectivity index (χ1) is 8.20.